The lowest BCUT2D eigenvalue weighted by molar-refractivity contribution is 0.0686. The van der Waals surface area contributed by atoms with Crippen molar-refractivity contribution < 1.29 is 9.18 Å². The van der Waals surface area contributed by atoms with Crippen LogP contribution in [0.5, 0.6) is 0 Å². The molecular formula is C14H18BrFN2O. The van der Waals surface area contributed by atoms with Gasteiger partial charge in [-0.2, -0.15) is 0 Å². The van der Waals surface area contributed by atoms with Crippen LogP contribution in [0.4, 0.5) is 4.39 Å². The Hall–Kier alpha value is -0.940. The lowest BCUT2D eigenvalue weighted by atomic mass is 9.96. The highest BCUT2D eigenvalue weighted by molar-refractivity contribution is 9.10. The Morgan fingerprint density at radius 3 is 2.74 bits per heavy atom. The predicted molar refractivity (Wildman–Crippen MR) is 76.7 cm³/mol. The van der Waals surface area contributed by atoms with Crippen molar-refractivity contribution in [3.8, 4) is 0 Å². The third-order valence-corrected chi connectivity index (χ3v) is 4.05. The SMILES string of the molecule is CNCC1CCN(C(=O)c2ccc(Br)cc2F)CC1. The molecule has 1 heterocycles. The van der Waals surface area contributed by atoms with Crippen LogP contribution in [-0.2, 0) is 0 Å². The second kappa shape index (κ2) is 6.48. The Morgan fingerprint density at radius 2 is 2.16 bits per heavy atom. The van der Waals surface area contributed by atoms with E-state index >= 15 is 0 Å². The van der Waals surface area contributed by atoms with E-state index in [0.717, 1.165) is 19.4 Å². The minimum absolute atomic E-state index is 0.162. The number of nitrogens with one attached hydrogen (secondary N) is 1. The molecule has 1 aliphatic heterocycles. The van der Waals surface area contributed by atoms with Crippen LogP contribution in [0.1, 0.15) is 23.2 Å². The molecule has 0 bridgehead atoms. The van der Waals surface area contributed by atoms with Crippen LogP contribution in [0, 0.1) is 11.7 Å². The zero-order valence-corrected chi connectivity index (χ0v) is 12.5. The number of carbonyl (C=O) groups excluding carboxylic acids is 1. The summed E-state index contributed by atoms with van der Waals surface area (Å²) < 4.78 is 14.4. The lowest BCUT2D eigenvalue weighted by Gasteiger charge is -2.32. The topological polar surface area (TPSA) is 32.3 Å². The lowest BCUT2D eigenvalue weighted by Crippen LogP contribution is -2.40. The van der Waals surface area contributed by atoms with E-state index in [1.54, 1.807) is 17.0 Å². The molecular weight excluding hydrogens is 311 g/mol. The summed E-state index contributed by atoms with van der Waals surface area (Å²) in [6, 6.07) is 4.58. The van der Waals surface area contributed by atoms with Gasteiger partial charge in [0.2, 0.25) is 0 Å². The normalized spacial score (nSPS) is 16.7. The Balaban J connectivity index is 2.01. The van der Waals surface area contributed by atoms with Crippen molar-refractivity contribution in [3.63, 3.8) is 0 Å². The van der Waals surface area contributed by atoms with Crippen LogP contribution in [-0.4, -0.2) is 37.5 Å². The summed E-state index contributed by atoms with van der Waals surface area (Å²) in [4.78, 5) is 14.0. The highest BCUT2D eigenvalue weighted by atomic mass is 79.9. The van der Waals surface area contributed by atoms with Gasteiger partial charge in [0.1, 0.15) is 5.82 Å². The molecule has 0 unspecified atom stereocenters. The fraction of sp³-hybridized carbons (Fsp3) is 0.500. The number of hydrogen-bond donors (Lipinski definition) is 1. The second-order valence-corrected chi connectivity index (χ2v) is 5.83. The number of hydrogen-bond acceptors (Lipinski definition) is 2. The Morgan fingerprint density at radius 1 is 1.47 bits per heavy atom. The summed E-state index contributed by atoms with van der Waals surface area (Å²) in [5.41, 5.74) is 0.162. The van der Waals surface area contributed by atoms with Crippen LogP contribution >= 0.6 is 15.9 Å². The van der Waals surface area contributed by atoms with Crippen molar-refractivity contribution in [1.82, 2.24) is 10.2 Å². The monoisotopic (exact) mass is 328 g/mol. The van der Waals surface area contributed by atoms with Gasteiger partial charge in [0.05, 0.1) is 5.56 Å². The number of rotatable bonds is 3. The number of nitrogens with zero attached hydrogens (tertiary/aromatic N) is 1. The molecule has 0 radical (unpaired) electrons. The third-order valence-electron chi connectivity index (χ3n) is 3.56. The first kappa shape index (κ1) is 14.5. The maximum atomic E-state index is 13.8. The van der Waals surface area contributed by atoms with E-state index in [9.17, 15) is 9.18 Å². The molecule has 1 aliphatic rings. The first-order valence-corrected chi connectivity index (χ1v) is 7.30. The van der Waals surface area contributed by atoms with E-state index in [4.69, 9.17) is 0 Å². The maximum Gasteiger partial charge on any atom is 0.256 e. The number of likely N-dealkylation sites (tertiary alicyclic amines) is 1. The summed E-state index contributed by atoms with van der Waals surface area (Å²) in [5, 5.41) is 3.16. The number of piperidine rings is 1. The number of amides is 1. The fourth-order valence-electron chi connectivity index (χ4n) is 2.46. The molecule has 1 saturated heterocycles. The second-order valence-electron chi connectivity index (χ2n) is 4.92. The number of benzene rings is 1. The van der Waals surface area contributed by atoms with Gasteiger partial charge < -0.3 is 10.2 Å². The summed E-state index contributed by atoms with van der Waals surface area (Å²) in [5.74, 6) is -0.0477. The van der Waals surface area contributed by atoms with E-state index in [1.807, 2.05) is 7.05 Å². The molecule has 1 aromatic carbocycles. The largest absolute Gasteiger partial charge is 0.339 e. The van der Waals surface area contributed by atoms with Crippen LogP contribution in [0.3, 0.4) is 0 Å². The van der Waals surface area contributed by atoms with Crippen molar-refractivity contribution in [3.05, 3.63) is 34.1 Å². The summed E-state index contributed by atoms with van der Waals surface area (Å²) in [6.07, 6.45) is 1.95. The number of halogens is 2. The zero-order chi connectivity index (χ0) is 13.8. The van der Waals surface area contributed by atoms with Gasteiger partial charge >= 0.3 is 0 Å². The van der Waals surface area contributed by atoms with Crippen molar-refractivity contribution in [1.29, 1.82) is 0 Å². The zero-order valence-electron chi connectivity index (χ0n) is 11.0. The molecule has 3 nitrogen and oxygen atoms in total. The third kappa shape index (κ3) is 3.54. The van der Waals surface area contributed by atoms with Crippen molar-refractivity contribution in [2.24, 2.45) is 5.92 Å². The standard InChI is InChI=1S/C14H18BrFN2O/c1-17-9-10-4-6-18(7-5-10)14(19)12-3-2-11(15)8-13(12)16/h2-3,8,10,17H,4-7,9H2,1H3. The van der Waals surface area contributed by atoms with E-state index in [1.165, 1.54) is 6.07 Å². The van der Waals surface area contributed by atoms with Gasteiger partial charge in [-0.15, -0.1) is 0 Å². The molecule has 0 spiro atoms. The molecule has 1 amide bonds. The Bertz CT molecular complexity index is 459. The molecule has 2 rings (SSSR count). The van der Waals surface area contributed by atoms with E-state index in [2.05, 4.69) is 21.2 Å². The van der Waals surface area contributed by atoms with Crippen LogP contribution in [0.15, 0.2) is 22.7 Å². The van der Waals surface area contributed by atoms with Gasteiger partial charge in [-0.3, -0.25) is 4.79 Å². The van der Waals surface area contributed by atoms with Crippen LogP contribution < -0.4 is 5.32 Å². The minimum Gasteiger partial charge on any atom is -0.339 e. The number of carbonyl (C=O) groups is 1. The molecule has 1 N–H and O–H groups in total. The van der Waals surface area contributed by atoms with Gasteiger partial charge in [0.15, 0.2) is 0 Å². The van der Waals surface area contributed by atoms with Gasteiger partial charge in [0, 0.05) is 17.6 Å². The van der Waals surface area contributed by atoms with Gasteiger partial charge in [-0.1, -0.05) is 15.9 Å². The van der Waals surface area contributed by atoms with Gasteiger partial charge in [-0.05, 0) is 50.6 Å². The van der Waals surface area contributed by atoms with Crippen LogP contribution in [0.2, 0.25) is 0 Å². The Labute approximate surface area is 121 Å². The smallest absolute Gasteiger partial charge is 0.256 e. The van der Waals surface area contributed by atoms with Crippen LogP contribution in [0.25, 0.3) is 0 Å². The molecule has 1 fully saturated rings. The van der Waals surface area contributed by atoms with Crippen molar-refractivity contribution >= 4 is 21.8 Å². The molecule has 0 aliphatic carbocycles. The maximum absolute atomic E-state index is 13.8. The van der Waals surface area contributed by atoms with E-state index in [-0.39, 0.29) is 11.5 Å². The summed E-state index contributed by atoms with van der Waals surface area (Å²) in [7, 11) is 1.94. The summed E-state index contributed by atoms with van der Waals surface area (Å²) >= 11 is 3.19. The van der Waals surface area contributed by atoms with Gasteiger partial charge in [-0.25, -0.2) is 4.39 Å². The minimum atomic E-state index is -0.461. The Kier molecular flexibility index (Phi) is 4.93. The van der Waals surface area contributed by atoms with Crippen molar-refractivity contribution in [2.45, 2.75) is 12.8 Å². The molecule has 19 heavy (non-hydrogen) atoms. The predicted octanol–water partition coefficient (Wildman–Crippen LogP) is 2.66. The van der Waals surface area contributed by atoms with E-state index in [0.29, 0.717) is 23.5 Å². The average Bonchev–Trinajstić information content (AvgIpc) is 2.39. The summed E-state index contributed by atoms with van der Waals surface area (Å²) in [6.45, 7) is 2.40. The molecule has 5 heteroatoms. The molecule has 0 aromatic heterocycles. The molecule has 1 aromatic rings. The van der Waals surface area contributed by atoms with E-state index < -0.39 is 5.82 Å². The molecule has 0 atom stereocenters. The highest BCUT2D eigenvalue weighted by Gasteiger charge is 2.24. The first-order valence-electron chi connectivity index (χ1n) is 6.50. The van der Waals surface area contributed by atoms with Crippen molar-refractivity contribution in [2.75, 3.05) is 26.7 Å². The first-order chi connectivity index (χ1) is 9.11. The highest BCUT2D eigenvalue weighted by Crippen LogP contribution is 2.21. The molecule has 0 saturated carbocycles. The molecule has 104 valence electrons. The fourth-order valence-corrected chi connectivity index (χ4v) is 2.80. The van der Waals surface area contributed by atoms with Gasteiger partial charge in [0.25, 0.3) is 5.91 Å². The quantitative estimate of drug-likeness (QED) is 0.925. The average molecular weight is 329 g/mol.